The minimum absolute atomic E-state index is 0.00800. The van der Waals surface area contributed by atoms with Crippen LogP contribution in [0.2, 0.25) is 0 Å². The van der Waals surface area contributed by atoms with Crippen LogP contribution in [0.1, 0.15) is 26.3 Å². The molecule has 0 aliphatic carbocycles. The van der Waals surface area contributed by atoms with Crippen LogP contribution in [0.25, 0.3) is 0 Å². The Bertz CT molecular complexity index is 1320. The molecule has 4 rings (SSSR count). The van der Waals surface area contributed by atoms with Crippen molar-refractivity contribution in [1.29, 1.82) is 0 Å². The predicted octanol–water partition coefficient (Wildman–Crippen LogP) is 5.29. The lowest BCUT2D eigenvalue weighted by Crippen LogP contribution is -2.49. The average Bonchev–Trinajstić information content (AvgIpc) is 2.92. The molecule has 1 aliphatic rings. The molecule has 0 bridgehead atoms. The smallest absolute Gasteiger partial charge is 0.337 e. The molecule has 8 nitrogen and oxygen atoms in total. The van der Waals surface area contributed by atoms with Crippen molar-refractivity contribution < 1.29 is 23.9 Å². The molecule has 0 radical (unpaired) electrons. The molecular weight excluding hydrogens is 618 g/mol. The van der Waals surface area contributed by atoms with Crippen LogP contribution in [0.15, 0.2) is 69.6 Å². The summed E-state index contributed by atoms with van der Waals surface area (Å²) in [5, 5.41) is 2.89. The van der Waals surface area contributed by atoms with Crippen molar-refractivity contribution in [3.8, 4) is 5.75 Å². The number of benzene rings is 3. The number of piperazine rings is 1. The molecule has 1 saturated heterocycles. The predicted molar refractivity (Wildman–Crippen MR) is 153 cm³/mol. The molecular formula is C28H27Br2N3O5. The van der Waals surface area contributed by atoms with Gasteiger partial charge >= 0.3 is 5.97 Å². The molecule has 0 unspecified atom stereocenters. The number of ether oxygens (including phenoxy) is 2. The lowest BCUT2D eigenvalue weighted by Gasteiger charge is -2.37. The Morgan fingerprint density at radius 2 is 1.63 bits per heavy atom. The highest BCUT2D eigenvalue weighted by Gasteiger charge is 2.25. The van der Waals surface area contributed by atoms with Gasteiger partial charge in [-0.2, -0.15) is 0 Å². The van der Waals surface area contributed by atoms with E-state index in [2.05, 4.69) is 42.1 Å². The average molecular weight is 645 g/mol. The van der Waals surface area contributed by atoms with Crippen LogP contribution in [0.4, 0.5) is 11.4 Å². The van der Waals surface area contributed by atoms with E-state index in [1.807, 2.05) is 54.3 Å². The highest BCUT2D eigenvalue weighted by atomic mass is 79.9. The van der Waals surface area contributed by atoms with Crippen molar-refractivity contribution >= 4 is 61.0 Å². The number of carbonyl (C=O) groups excluding carboxylic acids is 3. The molecule has 10 heteroatoms. The fraction of sp³-hybridized carbons (Fsp3) is 0.250. The lowest BCUT2D eigenvalue weighted by atomic mass is 10.1. The van der Waals surface area contributed by atoms with Gasteiger partial charge in [0.2, 0.25) is 0 Å². The Morgan fingerprint density at radius 3 is 2.29 bits per heavy atom. The third-order valence-corrected chi connectivity index (χ3v) is 7.21. The van der Waals surface area contributed by atoms with Crippen molar-refractivity contribution in [2.75, 3.05) is 50.1 Å². The maximum Gasteiger partial charge on any atom is 0.337 e. The van der Waals surface area contributed by atoms with Crippen molar-refractivity contribution in [1.82, 2.24) is 4.90 Å². The van der Waals surface area contributed by atoms with Gasteiger partial charge in [0.05, 0.1) is 28.5 Å². The molecule has 0 atom stereocenters. The van der Waals surface area contributed by atoms with Crippen LogP contribution >= 0.6 is 31.9 Å². The van der Waals surface area contributed by atoms with Crippen LogP contribution < -0.4 is 15.0 Å². The van der Waals surface area contributed by atoms with E-state index in [1.54, 1.807) is 18.2 Å². The molecule has 1 heterocycles. The maximum atomic E-state index is 12.9. The molecule has 0 spiro atoms. The summed E-state index contributed by atoms with van der Waals surface area (Å²) in [5.41, 5.74) is 3.06. The molecule has 3 aromatic carbocycles. The number of anilines is 2. The van der Waals surface area contributed by atoms with E-state index in [0.29, 0.717) is 48.7 Å². The van der Waals surface area contributed by atoms with E-state index in [-0.39, 0.29) is 18.4 Å². The fourth-order valence-corrected chi connectivity index (χ4v) is 5.82. The number of carbonyl (C=O) groups is 3. The van der Waals surface area contributed by atoms with E-state index in [4.69, 9.17) is 9.47 Å². The van der Waals surface area contributed by atoms with E-state index in [9.17, 15) is 14.4 Å². The third kappa shape index (κ3) is 6.54. The molecule has 0 aromatic heterocycles. The number of rotatable bonds is 7. The molecule has 2 amide bonds. The molecule has 198 valence electrons. The standard InChI is InChI=1S/C28H27Br2N3O5/c1-18-14-21(29)16-22(30)26(18)38-17-25(34)31-23-15-20(28(36)37-2)8-9-24(23)32-10-12-33(13-11-32)27(35)19-6-4-3-5-7-19/h3-9,14-16H,10-13,17H2,1-2H3,(H,31,34). The Morgan fingerprint density at radius 1 is 0.921 bits per heavy atom. The first-order valence-corrected chi connectivity index (χ1v) is 13.6. The summed E-state index contributed by atoms with van der Waals surface area (Å²) in [5.74, 6) is -0.311. The van der Waals surface area contributed by atoms with Gasteiger partial charge in [-0.25, -0.2) is 4.79 Å². The SMILES string of the molecule is COC(=O)c1ccc(N2CCN(C(=O)c3ccccc3)CC2)c(NC(=O)COc2c(C)cc(Br)cc2Br)c1. The second-order valence-electron chi connectivity index (χ2n) is 8.74. The summed E-state index contributed by atoms with van der Waals surface area (Å²) in [4.78, 5) is 41.8. The van der Waals surface area contributed by atoms with Gasteiger partial charge in [0, 0.05) is 36.2 Å². The third-order valence-electron chi connectivity index (χ3n) is 6.16. The number of amides is 2. The number of nitrogens with one attached hydrogen (secondary N) is 1. The topological polar surface area (TPSA) is 88.2 Å². The van der Waals surface area contributed by atoms with Crippen molar-refractivity contribution in [2.45, 2.75) is 6.92 Å². The van der Waals surface area contributed by atoms with Crippen molar-refractivity contribution in [3.05, 3.63) is 86.3 Å². The van der Waals surface area contributed by atoms with Crippen LogP contribution in [-0.4, -0.2) is 62.6 Å². The van der Waals surface area contributed by atoms with E-state index >= 15 is 0 Å². The lowest BCUT2D eigenvalue weighted by molar-refractivity contribution is -0.118. The Balaban J connectivity index is 1.48. The number of hydrogen-bond donors (Lipinski definition) is 1. The van der Waals surface area contributed by atoms with Crippen LogP contribution in [0.5, 0.6) is 5.75 Å². The Hall–Kier alpha value is -3.37. The molecule has 38 heavy (non-hydrogen) atoms. The van der Waals surface area contributed by atoms with Crippen molar-refractivity contribution in [3.63, 3.8) is 0 Å². The van der Waals surface area contributed by atoms with Gasteiger partial charge in [0.1, 0.15) is 5.75 Å². The number of nitrogens with zero attached hydrogens (tertiary/aromatic N) is 2. The monoisotopic (exact) mass is 643 g/mol. The summed E-state index contributed by atoms with van der Waals surface area (Å²) in [6.07, 6.45) is 0. The Kier molecular flexibility index (Phi) is 9.06. The van der Waals surface area contributed by atoms with E-state index < -0.39 is 5.97 Å². The minimum atomic E-state index is -0.504. The van der Waals surface area contributed by atoms with Crippen LogP contribution in [0, 0.1) is 6.92 Å². The van der Waals surface area contributed by atoms with Gasteiger partial charge in [-0.05, 0) is 70.9 Å². The highest BCUT2D eigenvalue weighted by Crippen LogP contribution is 2.33. The van der Waals surface area contributed by atoms with E-state index in [0.717, 1.165) is 20.2 Å². The first-order valence-electron chi connectivity index (χ1n) is 12.0. The Labute approximate surface area is 238 Å². The molecule has 3 aromatic rings. The van der Waals surface area contributed by atoms with Crippen LogP contribution in [0.3, 0.4) is 0 Å². The molecule has 0 saturated carbocycles. The number of hydrogen-bond acceptors (Lipinski definition) is 6. The highest BCUT2D eigenvalue weighted by molar-refractivity contribution is 9.11. The maximum absolute atomic E-state index is 12.9. The summed E-state index contributed by atoms with van der Waals surface area (Å²) in [7, 11) is 1.31. The summed E-state index contributed by atoms with van der Waals surface area (Å²) in [6, 6.07) is 18.0. The van der Waals surface area contributed by atoms with Crippen LogP contribution in [-0.2, 0) is 9.53 Å². The van der Waals surface area contributed by atoms with Gasteiger partial charge in [-0.3, -0.25) is 9.59 Å². The van der Waals surface area contributed by atoms with Gasteiger partial charge in [0.25, 0.3) is 11.8 Å². The van der Waals surface area contributed by atoms with Gasteiger partial charge in [-0.15, -0.1) is 0 Å². The summed E-state index contributed by atoms with van der Waals surface area (Å²) >= 11 is 6.90. The summed E-state index contributed by atoms with van der Waals surface area (Å²) in [6.45, 7) is 3.87. The second-order valence-corrected chi connectivity index (χ2v) is 10.5. The first-order chi connectivity index (χ1) is 18.3. The second kappa shape index (κ2) is 12.4. The number of halogens is 2. The fourth-order valence-electron chi connectivity index (χ4n) is 4.27. The van der Waals surface area contributed by atoms with Gasteiger partial charge < -0.3 is 24.6 Å². The number of aryl methyl sites for hydroxylation is 1. The molecule has 1 N–H and O–H groups in total. The number of methoxy groups -OCH3 is 1. The first kappa shape index (κ1) is 27.7. The quantitative estimate of drug-likeness (QED) is 0.352. The zero-order chi connectivity index (χ0) is 27.2. The van der Waals surface area contributed by atoms with Gasteiger partial charge in [0.15, 0.2) is 6.61 Å². The number of esters is 1. The normalized spacial score (nSPS) is 13.2. The minimum Gasteiger partial charge on any atom is -0.482 e. The molecule has 1 aliphatic heterocycles. The zero-order valence-corrected chi connectivity index (χ0v) is 24.2. The van der Waals surface area contributed by atoms with Gasteiger partial charge in [-0.1, -0.05) is 34.1 Å². The zero-order valence-electron chi connectivity index (χ0n) is 21.0. The molecule has 1 fully saturated rings. The van der Waals surface area contributed by atoms with E-state index in [1.165, 1.54) is 7.11 Å². The summed E-state index contributed by atoms with van der Waals surface area (Å²) < 4.78 is 12.3. The largest absolute Gasteiger partial charge is 0.482 e. The van der Waals surface area contributed by atoms with Crippen molar-refractivity contribution in [2.24, 2.45) is 0 Å².